The van der Waals surface area contributed by atoms with E-state index in [4.69, 9.17) is 14.2 Å². The molecule has 4 aromatic carbocycles. The maximum atomic E-state index is 13.6. The molecule has 0 bridgehead atoms. The van der Waals surface area contributed by atoms with Crippen molar-refractivity contribution in [2.24, 2.45) is 5.92 Å². The predicted octanol–water partition coefficient (Wildman–Crippen LogP) is 5.53. The number of carbonyl (C=O) groups is 3. The topological polar surface area (TPSA) is 142 Å². The van der Waals surface area contributed by atoms with Crippen molar-refractivity contribution in [1.82, 2.24) is 9.80 Å². The van der Waals surface area contributed by atoms with Crippen molar-refractivity contribution < 1.29 is 33.7 Å². The van der Waals surface area contributed by atoms with Crippen LogP contribution < -0.4 is 30.2 Å². The zero-order valence-electron chi connectivity index (χ0n) is 27.1. The van der Waals surface area contributed by atoms with E-state index >= 15 is 0 Å². The predicted molar refractivity (Wildman–Crippen MR) is 183 cm³/mol. The molecule has 2 aliphatic rings. The molecule has 250 valence electrons. The lowest BCUT2D eigenvalue weighted by atomic mass is 10.0. The van der Waals surface area contributed by atoms with Gasteiger partial charge in [0.15, 0.2) is 11.5 Å². The second-order valence-corrected chi connectivity index (χ2v) is 12.2. The van der Waals surface area contributed by atoms with Gasteiger partial charge in [-0.1, -0.05) is 43.3 Å². The highest BCUT2D eigenvalue weighted by Crippen LogP contribution is 2.34. The number of likely N-dealkylation sites (N-methyl/N-ethyl adjacent to an activating group) is 1. The summed E-state index contributed by atoms with van der Waals surface area (Å²) in [5, 5.41) is 20.6. The van der Waals surface area contributed by atoms with E-state index in [0.29, 0.717) is 46.4 Å². The second-order valence-electron chi connectivity index (χ2n) is 12.2. The van der Waals surface area contributed by atoms with E-state index < -0.39 is 18.2 Å². The molecule has 0 saturated heterocycles. The highest BCUT2D eigenvalue weighted by atomic mass is 16.7. The summed E-state index contributed by atoms with van der Waals surface area (Å²) in [6.45, 7) is 4.23. The van der Waals surface area contributed by atoms with E-state index in [1.165, 1.54) is 0 Å². The van der Waals surface area contributed by atoms with Crippen LogP contribution in [0.5, 0.6) is 17.2 Å². The minimum Gasteiger partial charge on any atom is -0.488 e. The van der Waals surface area contributed by atoms with Crippen LogP contribution in [0.2, 0.25) is 0 Å². The minimum absolute atomic E-state index is 0.00415. The Kier molecular flexibility index (Phi) is 9.53. The van der Waals surface area contributed by atoms with Crippen LogP contribution in [0.3, 0.4) is 0 Å². The highest BCUT2D eigenvalue weighted by Gasteiger charge is 2.32. The molecule has 4 N–H and O–H groups in total. The SMILES string of the molecule is C[C@H]1CN([C@@H](C)CO)C(=O)Cc2cc(NC(=O)Nc3ccc4c(c3)OCO4)ccc2O[C@@H]1CN(C)C(=O)Nc1cccc2ccccc12. The Morgan fingerprint density at radius 2 is 1.65 bits per heavy atom. The highest BCUT2D eigenvalue weighted by molar-refractivity contribution is 6.02. The Bertz CT molecular complexity index is 1830. The first-order valence-corrected chi connectivity index (χ1v) is 15.9. The van der Waals surface area contributed by atoms with Crippen LogP contribution in [0.4, 0.5) is 26.7 Å². The van der Waals surface area contributed by atoms with E-state index in [1.807, 2.05) is 49.4 Å². The van der Waals surface area contributed by atoms with Crippen molar-refractivity contribution in [1.29, 1.82) is 0 Å². The van der Waals surface area contributed by atoms with Gasteiger partial charge >= 0.3 is 12.1 Å². The molecular weight excluding hydrogens is 614 g/mol. The fourth-order valence-electron chi connectivity index (χ4n) is 5.89. The number of nitrogens with zero attached hydrogens (tertiary/aromatic N) is 2. The molecule has 0 aliphatic carbocycles. The van der Waals surface area contributed by atoms with Gasteiger partial charge < -0.3 is 45.1 Å². The summed E-state index contributed by atoms with van der Waals surface area (Å²) in [6, 6.07) is 22.6. The lowest BCUT2D eigenvalue weighted by Crippen LogP contribution is -2.48. The Labute approximate surface area is 278 Å². The van der Waals surface area contributed by atoms with Crippen molar-refractivity contribution in [3.63, 3.8) is 0 Å². The third kappa shape index (κ3) is 7.23. The molecule has 0 saturated carbocycles. The van der Waals surface area contributed by atoms with E-state index in [0.717, 1.165) is 10.8 Å². The summed E-state index contributed by atoms with van der Waals surface area (Å²) >= 11 is 0. The Morgan fingerprint density at radius 3 is 2.44 bits per heavy atom. The molecule has 2 heterocycles. The lowest BCUT2D eigenvalue weighted by molar-refractivity contribution is -0.134. The van der Waals surface area contributed by atoms with Crippen LogP contribution in [0.25, 0.3) is 10.8 Å². The molecular formula is C36H39N5O7. The number of hydrogen-bond donors (Lipinski definition) is 4. The fourth-order valence-corrected chi connectivity index (χ4v) is 5.89. The monoisotopic (exact) mass is 653 g/mol. The van der Waals surface area contributed by atoms with E-state index in [1.54, 1.807) is 60.2 Å². The first-order valence-electron chi connectivity index (χ1n) is 15.9. The van der Waals surface area contributed by atoms with Crippen molar-refractivity contribution in [3.8, 4) is 17.2 Å². The molecule has 3 atom stereocenters. The number of anilines is 3. The zero-order chi connectivity index (χ0) is 33.8. The average Bonchev–Trinajstić information content (AvgIpc) is 3.56. The number of fused-ring (bicyclic) bond motifs is 3. The van der Waals surface area contributed by atoms with Gasteiger partial charge in [0.2, 0.25) is 12.7 Å². The van der Waals surface area contributed by atoms with E-state index in [9.17, 15) is 19.5 Å². The van der Waals surface area contributed by atoms with Gasteiger partial charge in [-0.2, -0.15) is 0 Å². The van der Waals surface area contributed by atoms with Crippen molar-refractivity contribution in [3.05, 3.63) is 84.4 Å². The molecule has 0 radical (unpaired) electrons. The molecule has 0 fully saturated rings. The number of amides is 5. The minimum atomic E-state index is -0.501. The molecule has 0 spiro atoms. The first kappa shape index (κ1) is 32.5. The van der Waals surface area contributed by atoms with Gasteiger partial charge in [-0.05, 0) is 48.7 Å². The number of carbonyl (C=O) groups excluding carboxylic acids is 3. The molecule has 0 unspecified atom stereocenters. The molecule has 12 nitrogen and oxygen atoms in total. The van der Waals surface area contributed by atoms with Gasteiger partial charge in [-0.3, -0.25) is 4.79 Å². The van der Waals surface area contributed by atoms with Gasteiger partial charge in [0.25, 0.3) is 0 Å². The van der Waals surface area contributed by atoms with Crippen LogP contribution in [0, 0.1) is 5.92 Å². The van der Waals surface area contributed by atoms with Crippen molar-refractivity contribution >= 4 is 45.8 Å². The summed E-state index contributed by atoms with van der Waals surface area (Å²) in [5.74, 6) is 1.24. The second kappa shape index (κ2) is 14.1. The summed E-state index contributed by atoms with van der Waals surface area (Å²) in [6.07, 6.45) is -0.505. The number of rotatable bonds is 7. The number of nitrogens with one attached hydrogen (secondary N) is 3. The van der Waals surface area contributed by atoms with E-state index in [-0.39, 0.29) is 44.2 Å². The maximum absolute atomic E-state index is 13.6. The maximum Gasteiger partial charge on any atom is 0.323 e. The summed E-state index contributed by atoms with van der Waals surface area (Å²) in [4.78, 5) is 43.1. The van der Waals surface area contributed by atoms with Crippen LogP contribution in [-0.2, 0) is 11.2 Å². The van der Waals surface area contributed by atoms with Gasteiger partial charge in [-0.15, -0.1) is 0 Å². The number of ether oxygens (including phenoxy) is 3. The standard InChI is InChI=1S/C36H39N5O7/c1-22-18-41(23(2)20-42)34(43)16-25-15-26(37-35(44)38-27-12-14-31-32(17-27)47-21-46-31)11-13-30(25)48-33(22)19-40(3)36(45)39-29-10-6-8-24-7-4-5-9-28(24)29/h4-15,17,22-23,33,42H,16,18-21H2,1-3H3,(H,39,45)(H2,37,38,44)/t22-,23-,33+/m0/s1. The molecule has 12 heteroatoms. The average molecular weight is 654 g/mol. The molecule has 4 aromatic rings. The summed E-state index contributed by atoms with van der Waals surface area (Å²) in [5.41, 5.74) is 2.26. The number of aliphatic hydroxyl groups excluding tert-OH is 1. The molecule has 0 aromatic heterocycles. The van der Waals surface area contributed by atoms with Gasteiger partial charge in [0.1, 0.15) is 11.9 Å². The molecule has 5 amide bonds. The van der Waals surface area contributed by atoms with Crippen LogP contribution in [0.15, 0.2) is 78.9 Å². The number of urea groups is 2. The van der Waals surface area contributed by atoms with Gasteiger partial charge in [-0.25, -0.2) is 9.59 Å². The molecule has 48 heavy (non-hydrogen) atoms. The molecule has 2 aliphatic heterocycles. The van der Waals surface area contributed by atoms with Crippen LogP contribution in [0.1, 0.15) is 19.4 Å². The molecule has 6 rings (SSSR count). The van der Waals surface area contributed by atoms with Gasteiger partial charge in [0.05, 0.1) is 31.3 Å². The lowest BCUT2D eigenvalue weighted by Gasteiger charge is -2.34. The fraction of sp³-hybridized carbons (Fsp3) is 0.306. The number of hydrogen-bond acceptors (Lipinski definition) is 7. The third-order valence-corrected chi connectivity index (χ3v) is 8.64. The summed E-state index contributed by atoms with van der Waals surface area (Å²) < 4.78 is 17.3. The van der Waals surface area contributed by atoms with Crippen LogP contribution in [-0.4, -0.2) is 78.6 Å². The van der Waals surface area contributed by atoms with Crippen molar-refractivity contribution in [2.45, 2.75) is 32.4 Å². The largest absolute Gasteiger partial charge is 0.488 e. The summed E-state index contributed by atoms with van der Waals surface area (Å²) in [7, 11) is 1.70. The first-order chi connectivity index (χ1) is 23.2. The Balaban J connectivity index is 1.20. The van der Waals surface area contributed by atoms with Crippen molar-refractivity contribution in [2.75, 3.05) is 49.5 Å². The Morgan fingerprint density at radius 1 is 0.938 bits per heavy atom. The number of aliphatic hydroxyl groups is 1. The smallest absolute Gasteiger partial charge is 0.323 e. The van der Waals surface area contributed by atoms with E-state index in [2.05, 4.69) is 16.0 Å². The van der Waals surface area contributed by atoms with Crippen LogP contribution >= 0.6 is 0 Å². The zero-order valence-corrected chi connectivity index (χ0v) is 27.1. The Hall–Kier alpha value is -5.49. The van der Waals surface area contributed by atoms with Gasteiger partial charge in [0, 0.05) is 47.9 Å². The third-order valence-electron chi connectivity index (χ3n) is 8.64. The normalized spacial score (nSPS) is 17.7. The number of benzene rings is 4. The quantitative estimate of drug-likeness (QED) is 0.206.